The summed E-state index contributed by atoms with van der Waals surface area (Å²) in [7, 11) is 1.94. The van der Waals surface area contributed by atoms with Gasteiger partial charge in [0.05, 0.1) is 18.9 Å². The van der Waals surface area contributed by atoms with E-state index in [1.165, 1.54) is 0 Å². The number of hydrogen-bond donors (Lipinski definition) is 1. The van der Waals surface area contributed by atoms with Gasteiger partial charge in [0.1, 0.15) is 0 Å². The molecule has 5 nitrogen and oxygen atoms in total. The molecule has 88 valence electrons. The van der Waals surface area contributed by atoms with Crippen LogP contribution in [0.4, 0.5) is 5.82 Å². The van der Waals surface area contributed by atoms with Crippen molar-refractivity contribution in [3.8, 4) is 0 Å². The van der Waals surface area contributed by atoms with Crippen molar-refractivity contribution in [2.24, 2.45) is 0 Å². The number of likely N-dealkylation sites (N-methyl/N-ethyl adjacent to an activating group) is 1. The molecule has 1 atom stereocenters. The first-order valence-corrected chi connectivity index (χ1v) is 5.60. The maximum atomic E-state index is 5.65. The SMILES string of the molecule is CNCC1CN(c2cc(C)cnn2)CCO1. The van der Waals surface area contributed by atoms with Crippen LogP contribution in [0.5, 0.6) is 0 Å². The zero-order valence-electron chi connectivity index (χ0n) is 9.81. The second kappa shape index (κ2) is 5.23. The molecular formula is C11H18N4O. The predicted molar refractivity (Wildman–Crippen MR) is 62.6 cm³/mol. The molecule has 0 bridgehead atoms. The molecule has 2 heterocycles. The number of nitrogens with zero attached hydrogens (tertiary/aromatic N) is 3. The normalized spacial score (nSPS) is 21.1. The largest absolute Gasteiger partial charge is 0.373 e. The highest BCUT2D eigenvalue weighted by Crippen LogP contribution is 2.14. The van der Waals surface area contributed by atoms with Crippen LogP contribution in [0.15, 0.2) is 12.3 Å². The Bertz CT molecular complexity index is 343. The molecule has 1 N–H and O–H groups in total. The fourth-order valence-electron chi connectivity index (χ4n) is 1.88. The second-order valence-electron chi connectivity index (χ2n) is 4.09. The lowest BCUT2D eigenvalue weighted by Gasteiger charge is -2.33. The van der Waals surface area contributed by atoms with Crippen molar-refractivity contribution in [1.29, 1.82) is 0 Å². The first kappa shape index (κ1) is 11.3. The molecule has 1 aliphatic heterocycles. The Hall–Kier alpha value is -1.20. The lowest BCUT2D eigenvalue weighted by molar-refractivity contribution is 0.0418. The van der Waals surface area contributed by atoms with E-state index in [4.69, 9.17) is 4.74 Å². The van der Waals surface area contributed by atoms with Gasteiger partial charge in [-0.2, -0.15) is 5.10 Å². The monoisotopic (exact) mass is 222 g/mol. The summed E-state index contributed by atoms with van der Waals surface area (Å²) >= 11 is 0. The lowest BCUT2D eigenvalue weighted by atomic mass is 10.2. The molecule has 1 unspecified atom stereocenters. The lowest BCUT2D eigenvalue weighted by Crippen LogP contribution is -2.46. The summed E-state index contributed by atoms with van der Waals surface area (Å²) in [6.45, 7) is 5.42. The van der Waals surface area contributed by atoms with Crippen molar-refractivity contribution in [2.75, 3.05) is 38.2 Å². The zero-order valence-corrected chi connectivity index (χ0v) is 9.81. The summed E-state index contributed by atoms with van der Waals surface area (Å²) in [5.41, 5.74) is 1.14. The Labute approximate surface area is 95.8 Å². The highest BCUT2D eigenvalue weighted by molar-refractivity contribution is 5.39. The van der Waals surface area contributed by atoms with Crippen LogP contribution in [0.25, 0.3) is 0 Å². The van der Waals surface area contributed by atoms with Crippen LogP contribution >= 0.6 is 0 Å². The van der Waals surface area contributed by atoms with E-state index < -0.39 is 0 Å². The molecule has 2 rings (SSSR count). The highest BCUT2D eigenvalue weighted by Gasteiger charge is 2.20. The molecule has 16 heavy (non-hydrogen) atoms. The third-order valence-electron chi connectivity index (χ3n) is 2.67. The maximum Gasteiger partial charge on any atom is 0.151 e. The Kier molecular flexibility index (Phi) is 3.69. The van der Waals surface area contributed by atoms with Crippen molar-refractivity contribution in [1.82, 2.24) is 15.5 Å². The van der Waals surface area contributed by atoms with E-state index in [2.05, 4.69) is 26.5 Å². The second-order valence-corrected chi connectivity index (χ2v) is 4.09. The molecule has 0 spiro atoms. The fraction of sp³-hybridized carbons (Fsp3) is 0.636. The molecule has 1 fully saturated rings. The topological polar surface area (TPSA) is 50.3 Å². The van der Waals surface area contributed by atoms with E-state index in [-0.39, 0.29) is 6.10 Å². The minimum Gasteiger partial charge on any atom is -0.373 e. The van der Waals surface area contributed by atoms with Crippen molar-refractivity contribution in [3.63, 3.8) is 0 Å². The summed E-state index contributed by atoms with van der Waals surface area (Å²) in [5.74, 6) is 0.949. The first-order chi connectivity index (χ1) is 7.79. The third kappa shape index (κ3) is 2.68. The molecule has 1 aliphatic rings. The van der Waals surface area contributed by atoms with Crippen LogP contribution in [-0.4, -0.2) is 49.6 Å². The molecular weight excluding hydrogens is 204 g/mol. The molecule has 0 aromatic carbocycles. The van der Waals surface area contributed by atoms with Gasteiger partial charge >= 0.3 is 0 Å². The third-order valence-corrected chi connectivity index (χ3v) is 2.67. The minimum atomic E-state index is 0.237. The molecule has 0 saturated carbocycles. The quantitative estimate of drug-likeness (QED) is 0.792. The molecule has 1 saturated heterocycles. The molecule has 1 aromatic rings. The van der Waals surface area contributed by atoms with Crippen LogP contribution in [0.3, 0.4) is 0 Å². The Morgan fingerprint density at radius 1 is 1.62 bits per heavy atom. The van der Waals surface area contributed by atoms with Crippen molar-refractivity contribution in [3.05, 3.63) is 17.8 Å². The summed E-state index contributed by atoms with van der Waals surface area (Å²) in [6, 6.07) is 2.06. The van der Waals surface area contributed by atoms with Gasteiger partial charge in [0.25, 0.3) is 0 Å². The summed E-state index contributed by atoms with van der Waals surface area (Å²) < 4.78 is 5.65. The average molecular weight is 222 g/mol. The van der Waals surface area contributed by atoms with Gasteiger partial charge in [0, 0.05) is 19.6 Å². The van der Waals surface area contributed by atoms with Gasteiger partial charge in [-0.3, -0.25) is 0 Å². The van der Waals surface area contributed by atoms with Crippen LogP contribution in [0.2, 0.25) is 0 Å². The van der Waals surface area contributed by atoms with Gasteiger partial charge in [0.2, 0.25) is 0 Å². The Balaban J connectivity index is 2.03. The average Bonchev–Trinajstić information content (AvgIpc) is 2.30. The molecule has 0 radical (unpaired) electrons. The number of hydrogen-bond acceptors (Lipinski definition) is 5. The highest BCUT2D eigenvalue weighted by atomic mass is 16.5. The first-order valence-electron chi connectivity index (χ1n) is 5.60. The van der Waals surface area contributed by atoms with E-state index >= 15 is 0 Å². The van der Waals surface area contributed by atoms with Gasteiger partial charge < -0.3 is 15.0 Å². The molecule has 0 amide bonds. The summed E-state index contributed by atoms with van der Waals surface area (Å²) in [6.07, 6.45) is 2.01. The van der Waals surface area contributed by atoms with Crippen molar-refractivity contribution < 1.29 is 4.74 Å². The molecule has 5 heteroatoms. The standard InChI is InChI=1S/C11H18N4O/c1-9-5-11(14-13-6-9)15-3-4-16-10(8-15)7-12-2/h5-6,10,12H,3-4,7-8H2,1-2H3. The van der Waals surface area contributed by atoms with Crippen LogP contribution < -0.4 is 10.2 Å². The predicted octanol–water partition coefficient (Wildman–Crippen LogP) is 0.210. The van der Waals surface area contributed by atoms with Gasteiger partial charge in [0.15, 0.2) is 5.82 Å². The summed E-state index contributed by atoms with van der Waals surface area (Å²) in [4.78, 5) is 2.23. The van der Waals surface area contributed by atoms with E-state index in [0.717, 1.165) is 37.6 Å². The van der Waals surface area contributed by atoms with Crippen LogP contribution in [-0.2, 0) is 4.74 Å². The smallest absolute Gasteiger partial charge is 0.151 e. The number of ether oxygens (including phenoxy) is 1. The number of aromatic nitrogens is 2. The number of nitrogens with one attached hydrogen (secondary N) is 1. The summed E-state index contributed by atoms with van der Waals surface area (Å²) in [5, 5.41) is 11.3. The number of anilines is 1. The number of aryl methyl sites for hydroxylation is 1. The van der Waals surface area contributed by atoms with Gasteiger partial charge in [-0.05, 0) is 25.6 Å². The van der Waals surface area contributed by atoms with Crippen molar-refractivity contribution >= 4 is 5.82 Å². The van der Waals surface area contributed by atoms with Gasteiger partial charge in [-0.25, -0.2) is 0 Å². The van der Waals surface area contributed by atoms with E-state index in [0.29, 0.717) is 0 Å². The van der Waals surface area contributed by atoms with Crippen LogP contribution in [0.1, 0.15) is 5.56 Å². The van der Waals surface area contributed by atoms with Crippen molar-refractivity contribution in [2.45, 2.75) is 13.0 Å². The van der Waals surface area contributed by atoms with Gasteiger partial charge in [-0.1, -0.05) is 0 Å². The van der Waals surface area contributed by atoms with Gasteiger partial charge in [-0.15, -0.1) is 5.10 Å². The van der Waals surface area contributed by atoms with Crippen LogP contribution in [0, 0.1) is 6.92 Å². The van der Waals surface area contributed by atoms with E-state index in [1.54, 1.807) is 6.20 Å². The zero-order chi connectivity index (χ0) is 11.4. The Morgan fingerprint density at radius 2 is 2.50 bits per heavy atom. The molecule has 1 aromatic heterocycles. The van der Waals surface area contributed by atoms with E-state index in [9.17, 15) is 0 Å². The number of morpholine rings is 1. The van der Waals surface area contributed by atoms with E-state index in [1.807, 2.05) is 14.0 Å². The number of rotatable bonds is 3. The fourth-order valence-corrected chi connectivity index (χ4v) is 1.88. The minimum absolute atomic E-state index is 0.237. The Morgan fingerprint density at radius 3 is 3.25 bits per heavy atom. The maximum absolute atomic E-state index is 5.65. The molecule has 0 aliphatic carbocycles.